The van der Waals surface area contributed by atoms with Gasteiger partial charge in [0.15, 0.2) is 0 Å². The lowest BCUT2D eigenvalue weighted by Crippen LogP contribution is -2.23. The van der Waals surface area contributed by atoms with Crippen LogP contribution in [-0.4, -0.2) is 23.6 Å². The van der Waals surface area contributed by atoms with Crippen molar-refractivity contribution in [1.82, 2.24) is 9.97 Å². The first-order valence-electron chi connectivity index (χ1n) is 6.84. The monoisotopic (exact) mass is 248 g/mol. The highest BCUT2D eigenvalue weighted by Crippen LogP contribution is 2.39. The molecule has 0 atom stereocenters. The van der Waals surface area contributed by atoms with Crippen LogP contribution in [0.25, 0.3) is 0 Å². The smallest absolute Gasteiger partial charge is 0.137 e. The average molecular weight is 248 g/mol. The van der Waals surface area contributed by atoms with Crippen LogP contribution in [-0.2, 0) is 0 Å². The number of anilines is 2. The van der Waals surface area contributed by atoms with Crippen LogP contribution in [0.15, 0.2) is 0 Å². The van der Waals surface area contributed by atoms with Crippen LogP contribution in [0.3, 0.4) is 0 Å². The predicted octanol–water partition coefficient (Wildman–Crippen LogP) is 2.73. The van der Waals surface area contributed by atoms with Crippen molar-refractivity contribution in [2.24, 2.45) is 5.92 Å². The second kappa shape index (κ2) is 5.12. The lowest BCUT2D eigenvalue weighted by atomic mass is 10.1. The van der Waals surface area contributed by atoms with Gasteiger partial charge in [-0.2, -0.15) is 0 Å². The minimum atomic E-state index is 0.546. The summed E-state index contributed by atoms with van der Waals surface area (Å²) in [4.78, 5) is 11.3. The van der Waals surface area contributed by atoms with E-state index in [0.29, 0.717) is 17.7 Å². The second-order valence-corrected chi connectivity index (χ2v) is 5.79. The Labute approximate surface area is 110 Å². The van der Waals surface area contributed by atoms with Crippen LogP contribution in [0, 0.1) is 12.8 Å². The quantitative estimate of drug-likeness (QED) is 0.870. The van der Waals surface area contributed by atoms with Gasteiger partial charge < -0.3 is 10.6 Å². The Kier molecular flexibility index (Phi) is 3.73. The zero-order valence-corrected chi connectivity index (χ0v) is 11.9. The molecular formula is C14H24N4. The molecule has 1 saturated carbocycles. The Morgan fingerprint density at radius 2 is 2.00 bits per heavy atom. The number of hydrogen-bond donors (Lipinski definition) is 1. The molecule has 1 aromatic heterocycles. The molecule has 1 heterocycles. The summed E-state index contributed by atoms with van der Waals surface area (Å²) in [6.45, 7) is 7.50. The summed E-state index contributed by atoms with van der Waals surface area (Å²) in [7, 11) is 2.09. The molecule has 1 aliphatic carbocycles. The minimum Gasteiger partial charge on any atom is -0.383 e. The fourth-order valence-corrected chi connectivity index (χ4v) is 1.99. The highest BCUT2D eigenvalue weighted by atomic mass is 15.2. The van der Waals surface area contributed by atoms with E-state index >= 15 is 0 Å². The molecule has 0 amide bonds. The van der Waals surface area contributed by atoms with Gasteiger partial charge in [-0.15, -0.1) is 0 Å². The lowest BCUT2D eigenvalue weighted by Gasteiger charge is -2.22. The SMILES string of the molecule is Cc1c(N)nc(C2CC2)nc1N(C)CCC(C)C. The summed E-state index contributed by atoms with van der Waals surface area (Å²) in [5, 5.41) is 0. The van der Waals surface area contributed by atoms with E-state index in [1.807, 2.05) is 6.92 Å². The number of aromatic nitrogens is 2. The van der Waals surface area contributed by atoms with E-state index in [1.165, 1.54) is 19.3 Å². The summed E-state index contributed by atoms with van der Waals surface area (Å²) in [5.41, 5.74) is 7.01. The first kappa shape index (κ1) is 13.1. The number of hydrogen-bond acceptors (Lipinski definition) is 4. The topological polar surface area (TPSA) is 55.0 Å². The summed E-state index contributed by atoms with van der Waals surface area (Å²) in [6.07, 6.45) is 3.58. The van der Waals surface area contributed by atoms with Crippen molar-refractivity contribution >= 4 is 11.6 Å². The van der Waals surface area contributed by atoms with Crippen LogP contribution in [0.1, 0.15) is 50.4 Å². The molecule has 1 fully saturated rings. The number of nitrogens with zero attached hydrogens (tertiary/aromatic N) is 3. The Balaban J connectivity index is 2.19. The number of nitrogen functional groups attached to an aromatic ring is 1. The maximum atomic E-state index is 6.00. The van der Waals surface area contributed by atoms with Crippen molar-refractivity contribution in [3.8, 4) is 0 Å². The van der Waals surface area contributed by atoms with Crippen LogP contribution in [0.2, 0.25) is 0 Å². The van der Waals surface area contributed by atoms with Crippen LogP contribution >= 0.6 is 0 Å². The standard InChI is InChI=1S/C14H24N4/c1-9(2)7-8-18(4)14-10(3)12(15)16-13(17-14)11-5-6-11/h9,11H,5-8H2,1-4H3,(H2,15,16,17). The molecule has 100 valence electrons. The van der Waals surface area contributed by atoms with E-state index in [9.17, 15) is 0 Å². The highest BCUT2D eigenvalue weighted by Gasteiger charge is 2.28. The molecule has 0 aromatic carbocycles. The third kappa shape index (κ3) is 2.92. The fourth-order valence-electron chi connectivity index (χ4n) is 1.99. The molecule has 0 aliphatic heterocycles. The fraction of sp³-hybridized carbons (Fsp3) is 0.714. The van der Waals surface area contributed by atoms with E-state index in [2.05, 4.69) is 30.8 Å². The molecule has 0 unspecified atom stereocenters. The maximum Gasteiger partial charge on any atom is 0.137 e. The van der Waals surface area contributed by atoms with E-state index < -0.39 is 0 Å². The first-order valence-corrected chi connectivity index (χ1v) is 6.84. The van der Waals surface area contributed by atoms with Gasteiger partial charge in [0.2, 0.25) is 0 Å². The molecule has 4 nitrogen and oxygen atoms in total. The number of nitrogens with two attached hydrogens (primary N) is 1. The van der Waals surface area contributed by atoms with Crippen LogP contribution in [0.4, 0.5) is 11.6 Å². The largest absolute Gasteiger partial charge is 0.383 e. The van der Waals surface area contributed by atoms with E-state index in [0.717, 1.165) is 23.8 Å². The van der Waals surface area contributed by atoms with E-state index in [-0.39, 0.29) is 0 Å². The van der Waals surface area contributed by atoms with Gasteiger partial charge in [-0.3, -0.25) is 0 Å². The Hall–Kier alpha value is -1.32. The summed E-state index contributed by atoms with van der Waals surface area (Å²) < 4.78 is 0. The summed E-state index contributed by atoms with van der Waals surface area (Å²) >= 11 is 0. The number of rotatable bonds is 5. The summed E-state index contributed by atoms with van der Waals surface area (Å²) in [5.74, 6) is 3.83. The van der Waals surface area contributed by atoms with Gasteiger partial charge in [-0.25, -0.2) is 9.97 Å². The molecule has 4 heteroatoms. The lowest BCUT2D eigenvalue weighted by molar-refractivity contribution is 0.582. The molecule has 2 rings (SSSR count). The third-order valence-corrected chi connectivity index (χ3v) is 3.52. The van der Waals surface area contributed by atoms with Gasteiger partial charge in [0, 0.05) is 25.1 Å². The minimum absolute atomic E-state index is 0.546. The zero-order valence-electron chi connectivity index (χ0n) is 11.9. The predicted molar refractivity (Wildman–Crippen MR) is 75.9 cm³/mol. The Morgan fingerprint density at radius 1 is 1.33 bits per heavy atom. The maximum absolute atomic E-state index is 6.00. The van der Waals surface area contributed by atoms with E-state index in [1.54, 1.807) is 0 Å². The molecule has 0 spiro atoms. The van der Waals surface area contributed by atoms with Crippen LogP contribution < -0.4 is 10.6 Å². The van der Waals surface area contributed by atoms with Crippen LogP contribution in [0.5, 0.6) is 0 Å². The molecule has 0 bridgehead atoms. The van der Waals surface area contributed by atoms with Gasteiger partial charge in [0.05, 0.1) is 0 Å². The molecule has 1 aromatic rings. The van der Waals surface area contributed by atoms with Gasteiger partial charge in [0.1, 0.15) is 17.5 Å². The van der Waals surface area contributed by atoms with Gasteiger partial charge in [-0.05, 0) is 32.1 Å². The van der Waals surface area contributed by atoms with Crippen molar-refractivity contribution in [1.29, 1.82) is 0 Å². The third-order valence-electron chi connectivity index (χ3n) is 3.52. The van der Waals surface area contributed by atoms with Gasteiger partial charge >= 0.3 is 0 Å². The van der Waals surface area contributed by atoms with Gasteiger partial charge in [0.25, 0.3) is 0 Å². The molecule has 0 radical (unpaired) electrons. The zero-order chi connectivity index (χ0) is 13.3. The molecular weight excluding hydrogens is 224 g/mol. The van der Waals surface area contributed by atoms with Gasteiger partial charge in [-0.1, -0.05) is 13.8 Å². The van der Waals surface area contributed by atoms with Crippen molar-refractivity contribution in [3.63, 3.8) is 0 Å². The molecule has 1 aliphatic rings. The summed E-state index contributed by atoms with van der Waals surface area (Å²) in [6, 6.07) is 0. The van der Waals surface area contributed by atoms with Crippen molar-refractivity contribution in [2.75, 3.05) is 24.2 Å². The van der Waals surface area contributed by atoms with Crippen molar-refractivity contribution < 1.29 is 0 Å². The average Bonchev–Trinajstić information content (AvgIpc) is 3.13. The molecule has 2 N–H and O–H groups in total. The van der Waals surface area contributed by atoms with Crippen molar-refractivity contribution in [2.45, 2.75) is 46.0 Å². The molecule has 0 saturated heterocycles. The molecule has 18 heavy (non-hydrogen) atoms. The van der Waals surface area contributed by atoms with Crippen molar-refractivity contribution in [3.05, 3.63) is 11.4 Å². The Morgan fingerprint density at radius 3 is 2.56 bits per heavy atom. The highest BCUT2D eigenvalue weighted by molar-refractivity contribution is 5.56. The van der Waals surface area contributed by atoms with E-state index in [4.69, 9.17) is 10.7 Å². The second-order valence-electron chi connectivity index (χ2n) is 5.79. The normalized spacial score (nSPS) is 15.2. The Bertz CT molecular complexity index is 424. The first-order chi connectivity index (χ1) is 8.49.